The van der Waals surface area contributed by atoms with Gasteiger partial charge in [-0.25, -0.2) is 9.78 Å². The Balaban J connectivity index is 1.96. The van der Waals surface area contributed by atoms with Gasteiger partial charge in [0.25, 0.3) is 11.5 Å². The number of aryl methyl sites for hydroxylation is 1. The fourth-order valence-electron chi connectivity index (χ4n) is 2.93. The molecule has 1 aromatic carbocycles. The van der Waals surface area contributed by atoms with Crippen molar-refractivity contribution >= 4 is 38.6 Å². The molecule has 1 amide bonds. The van der Waals surface area contributed by atoms with E-state index in [1.54, 1.807) is 12.1 Å². The van der Waals surface area contributed by atoms with Crippen molar-refractivity contribution in [3.05, 3.63) is 55.3 Å². The van der Waals surface area contributed by atoms with E-state index in [4.69, 9.17) is 9.47 Å². The Morgan fingerprint density at radius 1 is 1.20 bits per heavy atom. The van der Waals surface area contributed by atoms with Gasteiger partial charge in [-0.2, -0.15) is 0 Å². The Morgan fingerprint density at radius 2 is 1.93 bits per heavy atom. The molecule has 2 heterocycles. The van der Waals surface area contributed by atoms with Crippen LogP contribution in [0.5, 0.6) is 11.5 Å². The van der Waals surface area contributed by atoms with E-state index in [0.29, 0.717) is 33.8 Å². The molecule has 0 fully saturated rings. The van der Waals surface area contributed by atoms with Crippen molar-refractivity contribution in [3.63, 3.8) is 0 Å². The molecule has 9 nitrogen and oxygen atoms in total. The molecule has 0 aliphatic carbocycles. The van der Waals surface area contributed by atoms with Crippen LogP contribution in [0.1, 0.15) is 23.7 Å². The summed E-state index contributed by atoms with van der Waals surface area (Å²) in [6.45, 7) is 2.51. The maximum atomic E-state index is 12.8. The smallest absolute Gasteiger partial charge is 0.332 e. The molecule has 1 N–H and O–H groups in total. The number of nitrogens with one attached hydrogen (secondary N) is 1. The number of halogens is 1. The van der Waals surface area contributed by atoms with Gasteiger partial charge in [0.05, 0.1) is 35.5 Å². The molecule has 0 atom stereocenters. The molecule has 158 valence electrons. The van der Waals surface area contributed by atoms with Crippen LogP contribution >= 0.6 is 15.9 Å². The molecule has 0 unspecified atom stereocenters. The van der Waals surface area contributed by atoms with Crippen LogP contribution in [0.25, 0.3) is 11.0 Å². The Kier molecular flexibility index (Phi) is 6.25. The summed E-state index contributed by atoms with van der Waals surface area (Å²) in [4.78, 5) is 41.4. The standard InChI is InChI=1S/C20H21BrN4O5/c1-5-6-30-16-14(21)7-11(8-15(16)29-4)18(26)23-12-9-13-17(22-10-12)24(2)20(28)25(3)19(13)27/h7-10H,5-6H2,1-4H3,(H,23,26). The minimum Gasteiger partial charge on any atom is -0.493 e. The van der Waals surface area contributed by atoms with Gasteiger partial charge in [-0.3, -0.25) is 18.7 Å². The minimum absolute atomic E-state index is 0.222. The number of pyridine rings is 1. The van der Waals surface area contributed by atoms with Gasteiger partial charge in [0.2, 0.25) is 0 Å². The molecule has 0 radical (unpaired) electrons. The number of aromatic nitrogens is 3. The summed E-state index contributed by atoms with van der Waals surface area (Å²) in [5.74, 6) is 0.523. The van der Waals surface area contributed by atoms with Gasteiger partial charge in [-0.15, -0.1) is 0 Å². The molecule has 0 saturated heterocycles. The molecule has 10 heteroatoms. The number of rotatable bonds is 6. The number of methoxy groups -OCH3 is 1. The van der Waals surface area contributed by atoms with Crippen LogP contribution in [0, 0.1) is 0 Å². The van der Waals surface area contributed by atoms with Crippen LogP contribution in [0.2, 0.25) is 0 Å². The number of hydrogen-bond donors (Lipinski definition) is 1. The average molecular weight is 477 g/mol. The Morgan fingerprint density at radius 3 is 2.60 bits per heavy atom. The van der Waals surface area contributed by atoms with E-state index in [1.807, 2.05) is 6.92 Å². The van der Waals surface area contributed by atoms with Gasteiger partial charge in [-0.05, 0) is 40.5 Å². The maximum absolute atomic E-state index is 12.8. The van der Waals surface area contributed by atoms with Crippen LogP contribution in [-0.2, 0) is 14.1 Å². The van der Waals surface area contributed by atoms with Gasteiger partial charge in [-0.1, -0.05) is 6.92 Å². The first-order chi connectivity index (χ1) is 14.3. The number of nitrogens with zero attached hydrogens (tertiary/aromatic N) is 3. The summed E-state index contributed by atoms with van der Waals surface area (Å²) in [5, 5.41) is 2.94. The minimum atomic E-state index is -0.487. The molecule has 2 aromatic heterocycles. The molecule has 0 aliphatic rings. The zero-order chi connectivity index (χ0) is 22.0. The molecular formula is C20H21BrN4O5. The van der Waals surface area contributed by atoms with Gasteiger partial charge >= 0.3 is 5.69 Å². The molecule has 3 rings (SSSR count). The lowest BCUT2D eigenvalue weighted by atomic mass is 10.2. The van der Waals surface area contributed by atoms with Crippen molar-refractivity contribution in [1.29, 1.82) is 0 Å². The quantitative estimate of drug-likeness (QED) is 0.585. The van der Waals surface area contributed by atoms with Crippen molar-refractivity contribution < 1.29 is 14.3 Å². The third-order valence-electron chi connectivity index (χ3n) is 4.49. The zero-order valence-corrected chi connectivity index (χ0v) is 18.6. The highest BCUT2D eigenvalue weighted by Crippen LogP contribution is 2.37. The first-order valence-corrected chi connectivity index (χ1v) is 9.95. The van der Waals surface area contributed by atoms with E-state index in [0.717, 1.165) is 11.0 Å². The fourth-order valence-corrected chi connectivity index (χ4v) is 3.49. The summed E-state index contributed by atoms with van der Waals surface area (Å²) in [5.41, 5.74) is -0.0683. The first kappa shape index (κ1) is 21.6. The number of benzene rings is 1. The molecule has 0 saturated carbocycles. The van der Waals surface area contributed by atoms with Crippen molar-refractivity contribution in [1.82, 2.24) is 14.1 Å². The van der Waals surface area contributed by atoms with Gasteiger partial charge < -0.3 is 14.8 Å². The second-order valence-corrected chi connectivity index (χ2v) is 7.45. The van der Waals surface area contributed by atoms with Crippen molar-refractivity contribution in [2.45, 2.75) is 13.3 Å². The largest absolute Gasteiger partial charge is 0.493 e. The average Bonchev–Trinajstić information content (AvgIpc) is 2.74. The number of ether oxygens (including phenoxy) is 2. The van der Waals surface area contributed by atoms with Crippen LogP contribution < -0.4 is 26.0 Å². The second kappa shape index (κ2) is 8.70. The summed E-state index contributed by atoms with van der Waals surface area (Å²) < 4.78 is 13.9. The van der Waals surface area contributed by atoms with E-state index in [2.05, 4.69) is 26.2 Å². The Labute approximate surface area is 180 Å². The number of anilines is 1. The highest BCUT2D eigenvalue weighted by atomic mass is 79.9. The number of carbonyl (C=O) groups excluding carboxylic acids is 1. The lowest BCUT2D eigenvalue weighted by molar-refractivity contribution is 0.102. The van der Waals surface area contributed by atoms with Gasteiger partial charge in [0, 0.05) is 19.7 Å². The van der Waals surface area contributed by atoms with E-state index in [9.17, 15) is 14.4 Å². The summed E-state index contributed by atoms with van der Waals surface area (Å²) >= 11 is 3.41. The highest BCUT2D eigenvalue weighted by Gasteiger charge is 2.17. The second-order valence-electron chi connectivity index (χ2n) is 6.59. The number of fused-ring (bicyclic) bond motifs is 1. The summed E-state index contributed by atoms with van der Waals surface area (Å²) in [6, 6.07) is 4.69. The van der Waals surface area contributed by atoms with E-state index < -0.39 is 17.2 Å². The van der Waals surface area contributed by atoms with E-state index in [-0.39, 0.29) is 11.0 Å². The van der Waals surface area contributed by atoms with Crippen LogP contribution in [0.3, 0.4) is 0 Å². The van der Waals surface area contributed by atoms with E-state index in [1.165, 1.54) is 38.0 Å². The van der Waals surface area contributed by atoms with Crippen molar-refractivity contribution in [2.24, 2.45) is 14.1 Å². The van der Waals surface area contributed by atoms with Crippen molar-refractivity contribution in [2.75, 3.05) is 19.0 Å². The third kappa shape index (κ3) is 3.95. The third-order valence-corrected chi connectivity index (χ3v) is 5.08. The maximum Gasteiger partial charge on any atom is 0.332 e. The first-order valence-electron chi connectivity index (χ1n) is 9.16. The lowest BCUT2D eigenvalue weighted by Gasteiger charge is -2.14. The molecule has 0 spiro atoms. The zero-order valence-electron chi connectivity index (χ0n) is 17.0. The SMILES string of the molecule is CCCOc1c(Br)cc(C(=O)Nc2cnc3c(c2)c(=O)n(C)c(=O)n3C)cc1OC. The van der Waals surface area contributed by atoms with E-state index >= 15 is 0 Å². The van der Waals surface area contributed by atoms with Crippen LogP contribution in [0.15, 0.2) is 38.5 Å². The molecule has 0 aliphatic heterocycles. The number of carbonyl (C=O) groups is 1. The van der Waals surface area contributed by atoms with Crippen LogP contribution in [0.4, 0.5) is 5.69 Å². The number of hydrogen-bond acceptors (Lipinski definition) is 6. The van der Waals surface area contributed by atoms with Crippen molar-refractivity contribution in [3.8, 4) is 11.5 Å². The molecular weight excluding hydrogens is 456 g/mol. The lowest BCUT2D eigenvalue weighted by Crippen LogP contribution is -2.37. The molecule has 0 bridgehead atoms. The Bertz CT molecular complexity index is 1250. The number of amides is 1. The monoisotopic (exact) mass is 476 g/mol. The van der Waals surface area contributed by atoms with Gasteiger partial charge in [0.1, 0.15) is 5.65 Å². The Hall–Kier alpha value is -3.14. The normalized spacial score (nSPS) is 10.8. The van der Waals surface area contributed by atoms with Gasteiger partial charge in [0.15, 0.2) is 11.5 Å². The summed E-state index contributed by atoms with van der Waals surface area (Å²) in [7, 11) is 4.41. The topological polar surface area (TPSA) is 104 Å². The predicted octanol–water partition coefficient (Wildman–Crippen LogP) is 2.44. The fraction of sp³-hybridized carbons (Fsp3) is 0.300. The van der Waals surface area contributed by atoms with Crippen LogP contribution in [-0.4, -0.2) is 33.7 Å². The summed E-state index contributed by atoms with van der Waals surface area (Å²) in [6.07, 6.45) is 2.22. The molecule has 3 aromatic rings. The highest BCUT2D eigenvalue weighted by molar-refractivity contribution is 9.10. The predicted molar refractivity (Wildman–Crippen MR) is 117 cm³/mol. The molecule has 30 heavy (non-hydrogen) atoms.